The zero-order chi connectivity index (χ0) is 14.5. The van der Waals surface area contributed by atoms with E-state index in [1.807, 2.05) is 0 Å². The lowest BCUT2D eigenvalue weighted by Crippen LogP contribution is -2.40. The SMILES string of the molecule is COC(=O)C1CCN(C(=O)c2ccnc(CN)c2)CC1. The second-order valence-corrected chi connectivity index (χ2v) is 4.83. The number of methoxy groups -OCH3 is 1. The molecule has 1 aromatic heterocycles. The van der Waals surface area contributed by atoms with Crippen LogP contribution < -0.4 is 5.73 Å². The Balaban J connectivity index is 1.99. The Morgan fingerprint density at radius 2 is 2.15 bits per heavy atom. The van der Waals surface area contributed by atoms with Gasteiger partial charge in [0.1, 0.15) is 0 Å². The summed E-state index contributed by atoms with van der Waals surface area (Å²) in [5, 5.41) is 0. The number of rotatable bonds is 3. The van der Waals surface area contributed by atoms with Gasteiger partial charge in [-0.2, -0.15) is 0 Å². The Morgan fingerprint density at radius 3 is 2.75 bits per heavy atom. The summed E-state index contributed by atoms with van der Waals surface area (Å²) in [7, 11) is 1.39. The van der Waals surface area contributed by atoms with Gasteiger partial charge >= 0.3 is 5.97 Å². The normalized spacial score (nSPS) is 16.0. The zero-order valence-corrected chi connectivity index (χ0v) is 11.5. The van der Waals surface area contributed by atoms with Crippen LogP contribution in [0.1, 0.15) is 28.9 Å². The van der Waals surface area contributed by atoms with Crippen molar-refractivity contribution in [1.82, 2.24) is 9.88 Å². The molecule has 0 aliphatic carbocycles. The fourth-order valence-corrected chi connectivity index (χ4v) is 2.39. The highest BCUT2D eigenvalue weighted by Gasteiger charge is 2.28. The summed E-state index contributed by atoms with van der Waals surface area (Å²) < 4.78 is 4.74. The number of aromatic nitrogens is 1. The number of hydrogen-bond donors (Lipinski definition) is 1. The van der Waals surface area contributed by atoms with E-state index in [2.05, 4.69) is 4.98 Å². The van der Waals surface area contributed by atoms with Gasteiger partial charge in [-0.05, 0) is 25.0 Å². The molecule has 1 aliphatic rings. The largest absolute Gasteiger partial charge is 0.469 e. The number of nitrogens with zero attached hydrogens (tertiary/aromatic N) is 2. The third-order valence-electron chi connectivity index (χ3n) is 3.59. The number of amides is 1. The van der Waals surface area contributed by atoms with Gasteiger partial charge < -0.3 is 15.4 Å². The Kier molecular flexibility index (Phi) is 4.68. The van der Waals surface area contributed by atoms with Crippen LogP contribution in [0, 0.1) is 5.92 Å². The molecule has 1 aliphatic heterocycles. The number of pyridine rings is 1. The Bertz CT molecular complexity index is 496. The molecule has 20 heavy (non-hydrogen) atoms. The molecule has 0 unspecified atom stereocenters. The van der Waals surface area contributed by atoms with Crippen molar-refractivity contribution in [1.29, 1.82) is 0 Å². The molecule has 2 N–H and O–H groups in total. The van der Waals surface area contributed by atoms with Crippen molar-refractivity contribution in [2.75, 3.05) is 20.2 Å². The van der Waals surface area contributed by atoms with Crippen LogP contribution in [-0.2, 0) is 16.1 Å². The third-order valence-corrected chi connectivity index (χ3v) is 3.59. The van der Waals surface area contributed by atoms with Crippen LogP contribution in [0.2, 0.25) is 0 Å². The molecular formula is C14H19N3O3. The van der Waals surface area contributed by atoms with Crippen molar-refractivity contribution in [3.8, 4) is 0 Å². The van der Waals surface area contributed by atoms with E-state index in [1.165, 1.54) is 7.11 Å². The molecule has 0 radical (unpaired) electrons. The van der Waals surface area contributed by atoms with Crippen molar-refractivity contribution in [3.05, 3.63) is 29.6 Å². The summed E-state index contributed by atoms with van der Waals surface area (Å²) in [6, 6.07) is 3.41. The molecule has 0 bridgehead atoms. The van der Waals surface area contributed by atoms with E-state index in [0.717, 1.165) is 0 Å². The van der Waals surface area contributed by atoms with E-state index in [-0.39, 0.29) is 17.8 Å². The number of likely N-dealkylation sites (tertiary alicyclic amines) is 1. The summed E-state index contributed by atoms with van der Waals surface area (Å²) in [5.74, 6) is -0.321. The number of piperidine rings is 1. The standard InChI is InChI=1S/C14H19N3O3/c1-20-14(19)10-3-6-17(7-4-10)13(18)11-2-5-16-12(8-11)9-15/h2,5,8,10H,3-4,6-7,9,15H2,1H3. The average molecular weight is 277 g/mol. The van der Waals surface area contributed by atoms with Crippen molar-refractivity contribution in [2.24, 2.45) is 11.7 Å². The molecule has 108 valence electrons. The molecule has 2 rings (SSSR count). The highest BCUT2D eigenvalue weighted by molar-refractivity contribution is 5.94. The Morgan fingerprint density at radius 1 is 1.45 bits per heavy atom. The highest BCUT2D eigenvalue weighted by atomic mass is 16.5. The smallest absolute Gasteiger partial charge is 0.308 e. The average Bonchev–Trinajstić information content (AvgIpc) is 2.53. The zero-order valence-electron chi connectivity index (χ0n) is 11.5. The van der Waals surface area contributed by atoms with Gasteiger partial charge in [-0.1, -0.05) is 0 Å². The van der Waals surface area contributed by atoms with E-state index in [0.29, 0.717) is 43.7 Å². The van der Waals surface area contributed by atoms with Gasteiger partial charge in [0.25, 0.3) is 5.91 Å². The number of nitrogens with two attached hydrogens (primary N) is 1. The van der Waals surface area contributed by atoms with Gasteiger partial charge in [-0.25, -0.2) is 0 Å². The summed E-state index contributed by atoms with van der Waals surface area (Å²) in [6.45, 7) is 1.45. The van der Waals surface area contributed by atoms with Crippen molar-refractivity contribution in [3.63, 3.8) is 0 Å². The fourth-order valence-electron chi connectivity index (χ4n) is 2.39. The molecule has 0 atom stereocenters. The molecule has 0 spiro atoms. The molecule has 0 aromatic carbocycles. The van der Waals surface area contributed by atoms with Crippen LogP contribution in [0.3, 0.4) is 0 Å². The van der Waals surface area contributed by atoms with Crippen LogP contribution in [0.25, 0.3) is 0 Å². The minimum atomic E-state index is -0.188. The Labute approximate surface area is 117 Å². The van der Waals surface area contributed by atoms with Gasteiger partial charge in [0.05, 0.1) is 18.7 Å². The van der Waals surface area contributed by atoms with Crippen molar-refractivity contribution >= 4 is 11.9 Å². The maximum absolute atomic E-state index is 12.4. The summed E-state index contributed by atoms with van der Waals surface area (Å²) in [5.41, 5.74) is 6.81. The van der Waals surface area contributed by atoms with Crippen molar-refractivity contribution < 1.29 is 14.3 Å². The van der Waals surface area contributed by atoms with Crippen LogP contribution in [0.5, 0.6) is 0 Å². The highest BCUT2D eigenvalue weighted by Crippen LogP contribution is 2.20. The van der Waals surface area contributed by atoms with E-state index >= 15 is 0 Å². The molecule has 2 heterocycles. The lowest BCUT2D eigenvalue weighted by atomic mass is 9.96. The molecule has 6 nitrogen and oxygen atoms in total. The molecule has 1 aromatic rings. The molecule has 1 fully saturated rings. The molecule has 0 saturated carbocycles. The van der Waals surface area contributed by atoms with E-state index in [4.69, 9.17) is 10.5 Å². The van der Waals surface area contributed by atoms with E-state index in [1.54, 1.807) is 23.2 Å². The monoisotopic (exact) mass is 277 g/mol. The minimum absolute atomic E-state index is 0.0367. The number of carbonyl (C=O) groups excluding carboxylic acids is 2. The molecule has 1 amide bonds. The van der Waals surface area contributed by atoms with Crippen LogP contribution >= 0.6 is 0 Å². The predicted molar refractivity (Wildman–Crippen MR) is 72.8 cm³/mol. The number of esters is 1. The minimum Gasteiger partial charge on any atom is -0.469 e. The topological polar surface area (TPSA) is 85.5 Å². The first-order valence-corrected chi connectivity index (χ1v) is 6.67. The summed E-state index contributed by atoms with van der Waals surface area (Å²) >= 11 is 0. The van der Waals surface area contributed by atoms with Gasteiger partial charge in [0.15, 0.2) is 0 Å². The first-order chi connectivity index (χ1) is 9.65. The quantitative estimate of drug-likeness (QED) is 0.816. The number of ether oxygens (including phenoxy) is 1. The Hall–Kier alpha value is -1.95. The number of carbonyl (C=O) groups is 2. The lowest BCUT2D eigenvalue weighted by molar-refractivity contribution is -0.146. The summed E-state index contributed by atoms with van der Waals surface area (Å²) in [6.07, 6.45) is 2.89. The first-order valence-electron chi connectivity index (χ1n) is 6.67. The van der Waals surface area contributed by atoms with Crippen molar-refractivity contribution in [2.45, 2.75) is 19.4 Å². The maximum Gasteiger partial charge on any atom is 0.308 e. The van der Waals surface area contributed by atoms with Gasteiger partial charge in [0, 0.05) is 31.4 Å². The number of hydrogen-bond acceptors (Lipinski definition) is 5. The molecular weight excluding hydrogens is 258 g/mol. The van der Waals surface area contributed by atoms with Gasteiger partial charge in [0.2, 0.25) is 0 Å². The predicted octanol–water partition coefficient (Wildman–Crippen LogP) is 0.566. The van der Waals surface area contributed by atoms with E-state index < -0.39 is 0 Å². The van der Waals surface area contributed by atoms with Crippen LogP contribution in [0.4, 0.5) is 0 Å². The maximum atomic E-state index is 12.4. The fraction of sp³-hybridized carbons (Fsp3) is 0.500. The molecule has 1 saturated heterocycles. The van der Waals surface area contributed by atoms with Crippen LogP contribution in [-0.4, -0.2) is 42.0 Å². The van der Waals surface area contributed by atoms with E-state index in [9.17, 15) is 9.59 Å². The second kappa shape index (κ2) is 6.47. The third kappa shape index (κ3) is 3.14. The van der Waals surface area contributed by atoms with Gasteiger partial charge in [-0.3, -0.25) is 14.6 Å². The summed E-state index contributed by atoms with van der Waals surface area (Å²) in [4.78, 5) is 29.6. The first kappa shape index (κ1) is 14.5. The molecule has 6 heteroatoms. The van der Waals surface area contributed by atoms with Gasteiger partial charge in [-0.15, -0.1) is 0 Å². The lowest BCUT2D eigenvalue weighted by Gasteiger charge is -2.30. The van der Waals surface area contributed by atoms with Crippen LogP contribution in [0.15, 0.2) is 18.3 Å². The second-order valence-electron chi connectivity index (χ2n) is 4.83.